The van der Waals surface area contributed by atoms with E-state index in [0.29, 0.717) is 11.6 Å². The fourth-order valence-electron chi connectivity index (χ4n) is 2.56. The van der Waals surface area contributed by atoms with Gasteiger partial charge < -0.3 is 5.32 Å². The van der Waals surface area contributed by atoms with Crippen LogP contribution in [0.1, 0.15) is 18.4 Å². The topological polar surface area (TPSA) is 29.1 Å². The molecule has 0 saturated carbocycles. The summed E-state index contributed by atoms with van der Waals surface area (Å²) < 4.78 is 25.3. The molecule has 1 saturated heterocycles. The van der Waals surface area contributed by atoms with Crippen LogP contribution in [0.4, 0.5) is 4.39 Å². The molecule has 3 rings (SSSR count). The average molecular weight is 323 g/mol. The van der Waals surface area contributed by atoms with Crippen LogP contribution in [-0.2, 0) is 17.3 Å². The van der Waals surface area contributed by atoms with Gasteiger partial charge in [-0.25, -0.2) is 4.39 Å². The molecule has 2 aromatic rings. The van der Waals surface area contributed by atoms with Gasteiger partial charge >= 0.3 is 0 Å². The lowest BCUT2D eigenvalue weighted by molar-refractivity contribution is 0.475. The highest BCUT2D eigenvalue weighted by atomic mass is 32.2. The maximum Gasteiger partial charge on any atom is 0.131 e. The van der Waals surface area contributed by atoms with Crippen LogP contribution < -0.4 is 5.32 Å². The van der Waals surface area contributed by atoms with Crippen molar-refractivity contribution in [3.05, 3.63) is 47.1 Å². The molecule has 0 atom stereocenters. The van der Waals surface area contributed by atoms with Crippen LogP contribution in [0.5, 0.6) is 0 Å². The first-order valence-electron chi connectivity index (χ1n) is 7.13. The van der Waals surface area contributed by atoms with E-state index in [1.807, 2.05) is 29.6 Å². The molecule has 0 amide bonds. The van der Waals surface area contributed by atoms with E-state index in [2.05, 4.69) is 5.32 Å². The Kier molecular flexibility index (Phi) is 4.83. The lowest BCUT2D eigenvalue weighted by atomic mass is 10.1. The molecule has 1 aliphatic rings. The number of thiophene rings is 1. The van der Waals surface area contributed by atoms with Gasteiger partial charge in [0.05, 0.1) is 0 Å². The van der Waals surface area contributed by atoms with Gasteiger partial charge in [0.2, 0.25) is 0 Å². The Morgan fingerprint density at radius 2 is 2.10 bits per heavy atom. The Labute approximate surface area is 130 Å². The lowest BCUT2D eigenvalue weighted by Crippen LogP contribution is -2.35. The molecule has 1 fully saturated rings. The fourth-order valence-corrected chi connectivity index (χ4v) is 4.61. The Bertz CT molecular complexity index is 617. The van der Waals surface area contributed by atoms with Gasteiger partial charge in [0.1, 0.15) is 5.82 Å². The van der Waals surface area contributed by atoms with Crippen molar-refractivity contribution in [1.82, 2.24) is 5.32 Å². The second-order valence-electron chi connectivity index (χ2n) is 5.29. The number of rotatable bonds is 4. The van der Waals surface area contributed by atoms with Crippen LogP contribution in [0.25, 0.3) is 10.4 Å². The van der Waals surface area contributed by atoms with Crippen LogP contribution in [0, 0.1) is 5.82 Å². The number of hydrogen-bond donors (Lipinski definition) is 1. The molecule has 1 aromatic heterocycles. The van der Waals surface area contributed by atoms with Gasteiger partial charge in [-0.15, -0.1) is 11.3 Å². The van der Waals surface area contributed by atoms with Crippen molar-refractivity contribution < 1.29 is 8.60 Å². The van der Waals surface area contributed by atoms with Crippen molar-refractivity contribution >= 4 is 22.1 Å². The molecule has 2 nitrogen and oxygen atoms in total. The third kappa shape index (κ3) is 3.78. The van der Waals surface area contributed by atoms with E-state index in [0.717, 1.165) is 41.3 Å². The standard InChI is InChI=1S/C16H18FNOS2/c17-15-4-3-12(10-14(15)16-2-1-7-20-16)11-18-13-5-8-21(19)9-6-13/h1-4,7,10,13,18H,5-6,8-9,11H2. The quantitative estimate of drug-likeness (QED) is 0.932. The molecule has 1 aromatic carbocycles. The van der Waals surface area contributed by atoms with E-state index >= 15 is 0 Å². The first kappa shape index (κ1) is 14.9. The van der Waals surface area contributed by atoms with Crippen molar-refractivity contribution in [1.29, 1.82) is 0 Å². The molecule has 5 heteroatoms. The summed E-state index contributed by atoms with van der Waals surface area (Å²) in [6.45, 7) is 0.732. The highest BCUT2D eigenvalue weighted by Crippen LogP contribution is 2.28. The Morgan fingerprint density at radius 1 is 1.29 bits per heavy atom. The van der Waals surface area contributed by atoms with Gasteiger partial charge in [0.15, 0.2) is 0 Å². The third-order valence-corrected chi connectivity index (χ3v) is 6.09. The number of nitrogens with one attached hydrogen (secondary N) is 1. The summed E-state index contributed by atoms with van der Waals surface area (Å²) in [5.74, 6) is 1.41. The summed E-state index contributed by atoms with van der Waals surface area (Å²) in [7, 11) is -0.624. The molecule has 0 unspecified atom stereocenters. The maximum atomic E-state index is 13.9. The molecule has 1 N–H and O–H groups in total. The smallest absolute Gasteiger partial charge is 0.131 e. The second-order valence-corrected chi connectivity index (χ2v) is 7.94. The summed E-state index contributed by atoms with van der Waals surface area (Å²) in [5.41, 5.74) is 1.76. The Balaban J connectivity index is 1.66. The zero-order valence-electron chi connectivity index (χ0n) is 11.7. The third-order valence-electron chi connectivity index (χ3n) is 3.80. The highest BCUT2D eigenvalue weighted by Gasteiger charge is 2.17. The highest BCUT2D eigenvalue weighted by molar-refractivity contribution is 7.85. The molecule has 0 spiro atoms. The minimum absolute atomic E-state index is 0.172. The molecular weight excluding hydrogens is 305 g/mol. The molecule has 0 bridgehead atoms. The van der Waals surface area contributed by atoms with Crippen molar-refractivity contribution in [2.45, 2.75) is 25.4 Å². The molecule has 0 aliphatic carbocycles. The summed E-state index contributed by atoms with van der Waals surface area (Å²) >= 11 is 1.55. The van der Waals surface area contributed by atoms with Crippen LogP contribution in [0.15, 0.2) is 35.7 Å². The number of benzene rings is 1. The van der Waals surface area contributed by atoms with E-state index in [1.54, 1.807) is 17.4 Å². The summed E-state index contributed by atoms with van der Waals surface area (Å²) in [6.07, 6.45) is 1.93. The van der Waals surface area contributed by atoms with E-state index in [1.165, 1.54) is 0 Å². The predicted molar refractivity (Wildman–Crippen MR) is 87.5 cm³/mol. The second kappa shape index (κ2) is 6.81. The first-order chi connectivity index (χ1) is 10.2. The van der Waals surface area contributed by atoms with E-state index in [9.17, 15) is 8.60 Å². The summed E-state index contributed by atoms with van der Waals surface area (Å²) in [6, 6.07) is 9.61. The fraction of sp³-hybridized carbons (Fsp3) is 0.375. The lowest BCUT2D eigenvalue weighted by Gasteiger charge is -2.22. The van der Waals surface area contributed by atoms with Gasteiger partial charge in [-0.3, -0.25) is 4.21 Å². The molecular formula is C16H18FNOS2. The Morgan fingerprint density at radius 3 is 2.81 bits per heavy atom. The van der Waals surface area contributed by atoms with Crippen LogP contribution in [0.3, 0.4) is 0 Å². The Hall–Kier alpha value is -1.04. The summed E-state index contributed by atoms with van der Waals surface area (Å²) in [5, 5.41) is 5.46. The van der Waals surface area contributed by atoms with Gasteiger partial charge in [-0.2, -0.15) is 0 Å². The van der Waals surface area contributed by atoms with Gasteiger partial charge in [-0.05, 0) is 42.0 Å². The van der Waals surface area contributed by atoms with Gasteiger partial charge in [-0.1, -0.05) is 12.1 Å². The average Bonchev–Trinajstić information content (AvgIpc) is 3.02. The van der Waals surface area contributed by atoms with Crippen LogP contribution in [0.2, 0.25) is 0 Å². The van der Waals surface area contributed by atoms with E-state index in [-0.39, 0.29) is 5.82 Å². The van der Waals surface area contributed by atoms with Gasteiger partial charge in [0.25, 0.3) is 0 Å². The predicted octanol–water partition coefficient (Wildman–Crippen LogP) is 3.55. The van der Waals surface area contributed by atoms with E-state index in [4.69, 9.17) is 0 Å². The van der Waals surface area contributed by atoms with Crippen molar-refractivity contribution in [2.24, 2.45) is 0 Å². The number of hydrogen-bond acceptors (Lipinski definition) is 3. The SMILES string of the molecule is O=S1CCC(NCc2ccc(F)c(-c3cccs3)c2)CC1. The monoisotopic (exact) mass is 323 g/mol. The van der Waals surface area contributed by atoms with Crippen LogP contribution in [-0.4, -0.2) is 21.8 Å². The zero-order valence-corrected chi connectivity index (χ0v) is 13.3. The number of halogens is 1. The molecule has 2 heterocycles. The molecule has 21 heavy (non-hydrogen) atoms. The van der Waals surface area contributed by atoms with Crippen molar-refractivity contribution in [3.63, 3.8) is 0 Å². The molecule has 0 radical (unpaired) electrons. The minimum Gasteiger partial charge on any atom is -0.310 e. The maximum absolute atomic E-state index is 13.9. The summed E-state index contributed by atoms with van der Waals surface area (Å²) in [4.78, 5) is 0.961. The van der Waals surface area contributed by atoms with Crippen molar-refractivity contribution in [3.8, 4) is 10.4 Å². The van der Waals surface area contributed by atoms with Crippen LogP contribution >= 0.6 is 11.3 Å². The first-order valence-corrected chi connectivity index (χ1v) is 9.50. The van der Waals surface area contributed by atoms with E-state index < -0.39 is 10.8 Å². The zero-order chi connectivity index (χ0) is 14.7. The van der Waals surface area contributed by atoms with Crippen molar-refractivity contribution in [2.75, 3.05) is 11.5 Å². The normalized spacial score (nSPS) is 22.3. The molecule has 1 aliphatic heterocycles. The molecule has 112 valence electrons. The minimum atomic E-state index is -0.624. The largest absolute Gasteiger partial charge is 0.310 e. The van der Waals surface area contributed by atoms with Gasteiger partial charge in [0, 0.05) is 45.3 Å².